The third-order valence-electron chi connectivity index (χ3n) is 2.51. The van der Waals surface area contributed by atoms with Gasteiger partial charge in [0.2, 0.25) is 0 Å². The lowest BCUT2D eigenvalue weighted by Gasteiger charge is -2.11. The Balaban J connectivity index is 2.47. The minimum Gasteiger partial charge on any atom is -0.389 e. The third-order valence-corrected chi connectivity index (χ3v) is 2.51. The van der Waals surface area contributed by atoms with E-state index in [1.165, 1.54) is 6.20 Å². The lowest BCUT2D eigenvalue weighted by Crippen LogP contribution is -2.08. The first kappa shape index (κ1) is 12.6. The maximum Gasteiger partial charge on any atom is 0.435 e. The predicted molar refractivity (Wildman–Crippen MR) is 59.2 cm³/mol. The van der Waals surface area contributed by atoms with Gasteiger partial charge in [0.05, 0.1) is 11.8 Å². The standard InChI is InChI=1S/C12H11F3N2O/c1-8(18)9-4-2-3-5-10(9)17-7-6-11(16-17)12(13,14)15/h2-8,18H,1H3/t8-/m1/s1. The molecule has 1 heterocycles. The van der Waals surface area contributed by atoms with Crippen molar-refractivity contribution in [1.82, 2.24) is 9.78 Å². The molecule has 1 atom stereocenters. The number of benzene rings is 1. The Morgan fingerprint density at radius 2 is 1.89 bits per heavy atom. The van der Waals surface area contributed by atoms with Crippen LogP contribution in [0.1, 0.15) is 24.3 Å². The van der Waals surface area contributed by atoms with Crippen molar-refractivity contribution in [2.75, 3.05) is 0 Å². The van der Waals surface area contributed by atoms with E-state index < -0.39 is 18.0 Å². The van der Waals surface area contributed by atoms with Crippen molar-refractivity contribution in [2.45, 2.75) is 19.2 Å². The molecule has 96 valence electrons. The van der Waals surface area contributed by atoms with Gasteiger partial charge in [-0.05, 0) is 19.1 Å². The van der Waals surface area contributed by atoms with E-state index in [1.54, 1.807) is 31.2 Å². The quantitative estimate of drug-likeness (QED) is 0.897. The number of halogens is 3. The fourth-order valence-electron chi connectivity index (χ4n) is 1.66. The summed E-state index contributed by atoms with van der Waals surface area (Å²) in [5.74, 6) is 0. The van der Waals surface area contributed by atoms with Crippen LogP contribution in [-0.4, -0.2) is 14.9 Å². The predicted octanol–water partition coefficient (Wildman–Crippen LogP) is 2.94. The molecular formula is C12H11F3N2O. The van der Waals surface area contributed by atoms with Crippen LogP contribution in [0.25, 0.3) is 5.69 Å². The molecule has 0 radical (unpaired) electrons. The normalized spacial score (nSPS) is 13.6. The Kier molecular flexibility index (Phi) is 3.13. The molecule has 0 unspecified atom stereocenters. The van der Waals surface area contributed by atoms with E-state index in [0.29, 0.717) is 11.3 Å². The van der Waals surface area contributed by atoms with Crippen molar-refractivity contribution < 1.29 is 18.3 Å². The second-order valence-corrected chi connectivity index (χ2v) is 3.88. The molecule has 1 aromatic heterocycles. The first-order valence-corrected chi connectivity index (χ1v) is 5.30. The van der Waals surface area contributed by atoms with E-state index >= 15 is 0 Å². The van der Waals surface area contributed by atoms with Crippen molar-refractivity contribution in [1.29, 1.82) is 0 Å². The molecule has 3 nitrogen and oxygen atoms in total. The van der Waals surface area contributed by atoms with Gasteiger partial charge in [0.1, 0.15) is 0 Å². The van der Waals surface area contributed by atoms with Crippen molar-refractivity contribution in [2.24, 2.45) is 0 Å². The molecule has 2 rings (SSSR count). The van der Waals surface area contributed by atoms with Crippen molar-refractivity contribution in [3.8, 4) is 5.69 Å². The second-order valence-electron chi connectivity index (χ2n) is 3.88. The Hall–Kier alpha value is -1.82. The lowest BCUT2D eigenvalue weighted by molar-refractivity contribution is -0.141. The van der Waals surface area contributed by atoms with E-state index in [-0.39, 0.29) is 0 Å². The molecule has 1 aromatic carbocycles. The molecule has 0 aliphatic carbocycles. The van der Waals surface area contributed by atoms with Crippen molar-refractivity contribution in [3.63, 3.8) is 0 Å². The van der Waals surface area contributed by atoms with Crippen LogP contribution < -0.4 is 0 Å². The van der Waals surface area contributed by atoms with Gasteiger partial charge in [0.15, 0.2) is 5.69 Å². The number of alkyl halides is 3. The Morgan fingerprint density at radius 3 is 2.44 bits per heavy atom. The van der Waals surface area contributed by atoms with Crippen LogP contribution in [0.15, 0.2) is 36.5 Å². The molecular weight excluding hydrogens is 245 g/mol. The molecule has 6 heteroatoms. The number of aliphatic hydroxyl groups excluding tert-OH is 1. The van der Waals surface area contributed by atoms with E-state index in [0.717, 1.165) is 10.7 Å². The van der Waals surface area contributed by atoms with Crippen LogP contribution in [-0.2, 0) is 6.18 Å². The molecule has 0 saturated carbocycles. The molecule has 0 fully saturated rings. The minimum atomic E-state index is -4.47. The van der Waals surface area contributed by atoms with E-state index in [4.69, 9.17) is 0 Å². The summed E-state index contributed by atoms with van der Waals surface area (Å²) < 4.78 is 38.5. The van der Waals surface area contributed by atoms with Gasteiger partial charge in [-0.3, -0.25) is 0 Å². The number of aliphatic hydroxyl groups is 1. The Labute approximate surface area is 101 Å². The largest absolute Gasteiger partial charge is 0.435 e. The fourth-order valence-corrected chi connectivity index (χ4v) is 1.66. The zero-order chi connectivity index (χ0) is 13.3. The summed E-state index contributed by atoms with van der Waals surface area (Å²) in [4.78, 5) is 0. The highest BCUT2D eigenvalue weighted by molar-refractivity contribution is 5.41. The SMILES string of the molecule is C[C@@H](O)c1ccccc1-n1ccc(C(F)(F)F)n1. The zero-order valence-electron chi connectivity index (χ0n) is 9.52. The molecule has 0 aliphatic rings. The smallest absolute Gasteiger partial charge is 0.389 e. The van der Waals surface area contributed by atoms with Crippen LogP contribution in [0.2, 0.25) is 0 Å². The number of hydrogen-bond acceptors (Lipinski definition) is 2. The molecule has 0 bridgehead atoms. The summed E-state index contributed by atoms with van der Waals surface area (Å²) in [6, 6.07) is 7.54. The summed E-state index contributed by atoms with van der Waals surface area (Å²) in [6.07, 6.45) is -4.02. The number of nitrogens with zero attached hydrogens (tertiary/aromatic N) is 2. The summed E-state index contributed by atoms with van der Waals surface area (Å²) in [5.41, 5.74) is 0.000204. The maximum atomic E-state index is 12.5. The van der Waals surface area contributed by atoms with Crippen LogP contribution in [0.5, 0.6) is 0 Å². The molecule has 2 aromatic rings. The summed E-state index contributed by atoms with van der Waals surface area (Å²) in [7, 11) is 0. The van der Waals surface area contributed by atoms with Gasteiger partial charge in [-0.1, -0.05) is 18.2 Å². The van der Waals surface area contributed by atoms with Crippen LogP contribution in [0, 0.1) is 0 Å². The Bertz CT molecular complexity index is 546. The molecule has 0 spiro atoms. The Morgan fingerprint density at radius 1 is 1.22 bits per heavy atom. The average molecular weight is 256 g/mol. The van der Waals surface area contributed by atoms with Crippen molar-refractivity contribution in [3.05, 3.63) is 47.8 Å². The molecule has 0 aliphatic heterocycles. The average Bonchev–Trinajstić information content (AvgIpc) is 2.77. The monoisotopic (exact) mass is 256 g/mol. The highest BCUT2D eigenvalue weighted by atomic mass is 19.4. The summed E-state index contributed by atoms with van der Waals surface area (Å²) in [5, 5.41) is 13.0. The topological polar surface area (TPSA) is 38.0 Å². The van der Waals surface area contributed by atoms with Gasteiger partial charge in [0, 0.05) is 11.8 Å². The van der Waals surface area contributed by atoms with Gasteiger partial charge in [0.25, 0.3) is 0 Å². The third kappa shape index (κ3) is 2.38. The van der Waals surface area contributed by atoms with Gasteiger partial charge in [-0.25, -0.2) is 4.68 Å². The molecule has 0 amide bonds. The minimum absolute atomic E-state index is 0.433. The van der Waals surface area contributed by atoms with Gasteiger partial charge in [-0.2, -0.15) is 18.3 Å². The van der Waals surface area contributed by atoms with E-state index in [2.05, 4.69) is 5.10 Å². The van der Waals surface area contributed by atoms with E-state index in [1.807, 2.05) is 0 Å². The second kappa shape index (κ2) is 4.45. The molecule has 18 heavy (non-hydrogen) atoms. The van der Waals surface area contributed by atoms with Gasteiger partial charge < -0.3 is 5.11 Å². The zero-order valence-corrected chi connectivity index (χ0v) is 9.52. The summed E-state index contributed by atoms with van der Waals surface area (Å²) in [6.45, 7) is 1.55. The molecule has 0 saturated heterocycles. The number of hydrogen-bond donors (Lipinski definition) is 1. The fraction of sp³-hybridized carbons (Fsp3) is 0.250. The van der Waals surface area contributed by atoms with E-state index in [9.17, 15) is 18.3 Å². The van der Waals surface area contributed by atoms with Crippen LogP contribution in [0.4, 0.5) is 13.2 Å². The number of para-hydroxylation sites is 1. The molecule has 1 N–H and O–H groups in total. The summed E-state index contributed by atoms with van der Waals surface area (Å²) >= 11 is 0. The number of aromatic nitrogens is 2. The maximum absolute atomic E-state index is 12.5. The highest BCUT2D eigenvalue weighted by Crippen LogP contribution is 2.29. The first-order valence-electron chi connectivity index (χ1n) is 5.30. The lowest BCUT2D eigenvalue weighted by atomic mass is 10.1. The first-order chi connectivity index (χ1) is 8.39. The van der Waals surface area contributed by atoms with Crippen LogP contribution in [0.3, 0.4) is 0 Å². The van der Waals surface area contributed by atoms with Crippen LogP contribution >= 0.6 is 0 Å². The number of rotatable bonds is 2. The van der Waals surface area contributed by atoms with Gasteiger partial charge >= 0.3 is 6.18 Å². The van der Waals surface area contributed by atoms with Gasteiger partial charge in [-0.15, -0.1) is 0 Å². The van der Waals surface area contributed by atoms with Crippen molar-refractivity contribution >= 4 is 0 Å². The highest BCUT2D eigenvalue weighted by Gasteiger charge is 2.33.